The van der Waals surface area contributed by atoms with Crippen molar-refractivity contribution in [2.45, 2.75) is 32.2 Å². The van der Waals surface area contributed by atoms with Gasteiger partial charge in [0.25, 0.3) is 5.91 Å². The minimum Gasteiger partial charge on any atom is -0.334 e. The lowest BCUT2D eigenvalue weighted by Crippen LogP contribution is -2.36. The Bertz CT molecular complexity index is 735. The first-order valence-corrected chi connectivity index (χ1v) is 9.93. The normalized spacial score (nSPS) is 18.3. The van der Waals surface area contributed by atoms with Gasteiger partial charge in [-0.05, 0) is 68.4 Å². The number of piperidine rings is 1. The summed E-state index contributed by atoms with van der Waals surface area (Å²) in [6.45, 7) is 5.17. The van der Waals surface area contributed by atoms with Crippen LogP contribution in [0.5, 0.6) is 0 Å². The molecule has 2 aliphatic heterocycles. The van der Waals surface area contributed by atoms with Gasteiger partial charge in [0.05, 0.1) is 0 Å². The molecule has 1 saturated heterocycles. The van der Waals surface area contributed by atoms with Gasteiger partial charge in [0.1, 0.15) is 0 Å². The van der Waals surface area contributed by atoms with Crippen LogP contribution >= 0.6 is 0 Å². The van der Waals surface area contributed by atoms with Gasteiger partial charge in [-0.25, -0.2) is 0 Å². The quantitative estimate of drug-likeness (QED) is 0.788. The number of hydrogen-bond acceptors (Lipinski definition) is 2. The van der Waals surface area contributed by atoms with Gasteiger partial charge >= 0.3 is 0 Å². The van der Waals surface area contributed by atoms with Crippen LogP contribution in [0.3, 0.4) is 0 Å². The van der Waals surface area contributed by atoms with E-state index in [1.165, 1.54) is 43.5 Å². The van der Waals surface area contributed by atoms with Crippen molar-refractivity contribution >= 4 is 5.91 Å². The van der Waals surface area contributed by atoms with Gasteiger partial charge in [0.2, 0.25) is 0 Å². The third-order valence-corrected chi connectivity index (χ3v) is 5.87. The molecule has 2 aromatic rings. The molecule has 0 unspecified atom stereocenters. The van der Waals surface area contributed by atoms with Crippen LogP contribution in [-0.4, -0.2) is 41.9 Å². The molecule has 0 N–H and O–H groups in total. The van der Waals surface area contributed by atoms with E-state index < -0.39 is 0 Å². The zero-order chi connectivity index (χ0) is 17.8. The molecule has 0 aliphatic carbocycles. The highest BCUT2D eigenvalue weighted by molar-refractivity contribution is 5.98. The fourth-order valence-electron chi connectivity index (χ4n) is 4.34. The Morgan fingerprint density at radius 3 is 2.38 bits per heavy atom. The van der Waals surface area contributed by atoms with E-state index in [1.54, 1.807) is 0 Å². The number of amides is 1. The first kappa shape index (κ1) is 17.3. The van der Waals surface area contributed by atoms with Gasteiger partial charge in [0.15, 0.2) is 0 Å². The number of benzene rings is 2. The molecule has 0 bridgehead atoms. The molecular formula is C23H28N2O. The summed E-state index contributed by atoms with van der Waals surface area (Å²) in [5.41, 5.74) is 3.55. The van der Waals surface area contributed by atoms with E-state index in [0.717, 1.165) is 37.5 Å². The SMILES string of the molecule is O=C1c2ccccc2CN1CCCN1CCC(Cc2ccccc2)CC1. The van der Waals surface area contributed by atoms with E-state index in [1.807, 2.05) is 23.1 Å². The predicted molar refractivity (Wildman–Crippen MR) is 105 cm³/mol. The van der Waals surface area contributed by atoms with Crippen LogP contribution in [0.25, 0.3) is 0 Å². The van der Waals surface area contributed by atoms with E-state index in [2.05, 4.69) is 41.3 Å². The summed E-state index contributed by atoms with van der Waals surface area (Å²) in [4.78, 5) is 17.0. The summed E-state index contributed by atoms with van der Waals surface area (Å²) in [5.74, 6) is 1.03. The average molecular weight is 348 g/mol. The maximum Gasteiger partial charge on any atom is 0.254 e. The number of hydrogen-bond donors (Lipinski definition) is 0. The number of carbonyl (C=O) groups is 1. The zero-order valence-electron chi connectivity index (χ0n) is 15.4. The maximum atomic E-state index is 12.4. The molecule has 136 valence electrons. The number of fused-ring (bicyclic) bond motifs is 1. The maximum absolute atomic E-state index is 12.4. The summed E-state index contributed by atoms with van der Waals surface area (Å²) in [6.07, 6.45) is 4.88. The van der Waals surface area contributed by atoms with E-state index in [0.29, 0.717) is 0 Å². The molecule has 4 rings (SSSR count). The standard InChI is InChI=1S/C23H28N2O/c26-23-22-10-5-4-9-21(22)18-25(23)14-6-13-24-15-11-20(12-16-24)17-19-7-2-1-3-8-19/h1-5,7-10,20H,6,11-18H2. The van der Waals surface area contributed by atoms with Crippen molar-refractivity contribution in [1.82, 2.24) is 9.80 Å². The Kier molecular flexibility index (Phi) is 5.35. The summed E-state index contributed by atoms with van der Waals surface area (Å²) in [5, 5.41) is 0. The zero-order valence-corrected chi connectivity index (χ0v) is 15.4. The molecule has 0 atom stereocenters. The first-order valence-electron chi connectivity index (χ1n) is 9.93. The summed E-state index contributed by atoms with van der Waals surface area (Å²) in [6, 6.07) is 18.9. The van der Waals surface area contributed by atoms with Crippen molar-refractivity contribution in [3.63, 3.8) is 0 Å². The molecule has 1 fully saturated rings. The molecular weight excluding hydrogens is 320 g/mol. The molecule has 2 heterocycles. The lowest BCUT2D eigenvalue weighted by molar-refractivity contribution is 0.0767. The molecule has 1 amide bonds. The Balaban J connectivity index is 1.17. The number of nitrogens with zero attached hydrogens (tertiary/aromatic N) is 2. The van der Waals surface area contributed by atoms with E-state index in [4.69, 9.17) is 0 Å². The minimum atomic E-state index is 0.210. The fourth-order valence-corrected chi connectivity index (χ4v) is 4.34. The monoisotopic (exact) mass is 348 g/mol. The largest absolute Gasteiger partial charge is 0.334 e. The predicted octanol–water partition coefficient (Wildman–Crippen LogP) is 3.99. The van der Waals surface area contributed by atoms with Crippen molar-refractivity contribution in [2.24, 2.45) is 5.92 Å². The lowest BCUT2D eigenvalue weighted by atomic mass is 9.90. The molecule has 26 heavy (non-hydrogen) atoms. The lowest BCUT2D eigenvalue weighted by Gasteiger charge is -2.32. The Labute approximate surface area is 156 Å². The van der Waals surface area contributed by atoms with Gasteiger partial charge in [0, 0.05) is 18.7 Å². The minimum absolute atomic E-state index is 0.210. The van der Waals surface area contributed by atoms with Crippen molar-refractivity contribution in [1.29, 1.82) is 0 Å². The number of likely N-dealkylation sites (tertiary alicyclic amines) is 1. The number of carbonyl (C=O) groups excluding carboxylic acids is 1. The number of rotatable bonds is 6. The second-order valence-corrected chi connectivity index (χ2v) is 7.71. The summed E-state index contributed by atoms with van der Waals surface area (Å²) in [7, 11) is 0. The summed E-state index contributed by atoms with van der Waals surface area (Å²) < 4.78 is 0. The molecule has 0 saturated carbocycles. The van der Waals surface area contributed by atoms with Crippen molar-refractivity contribution in [3.05, 3.63) is 71.3 Å². The molecule has 0 spiro atoms. The molecule has 3 nitrogen and oxygen atoms in total. The Morgan fingerprint density at radius 2 is 1.62 bits per heavy atom. The Morgan fingerprint density at radius 1 is 0.885 bits per heavy atom. The highest BCUT2D eigenvalue weighted by Gasteiger charge is 2.26. The van der Waals surface area contributed by atoms with Crippen LogP contribution in [0.15, 0.2) is 54.6 Å². The molecule has 3 heteroatoms. The third kappa shape index (κ3) is 3.99. The van der Waals surface area contributed by atoms with Crippen molar-refractivity contribution in [3.8, 4) is 0 Å². The second-order valence-electron chi connectivity index (χ2n) is 7.71. The van der Waals surface area contributed by atoms with Gasteiger partial charge in [-0.1, -0.05) is 48.5 Å². The van der Waals surface area contributed by atoms with Crippen molar-refractivity contribution < 1.29 is 4.79 Å². The van der Waals surface area contributed by atoms with Crippen LogP contribution < -0.4 is 0 Å². The van der Waals surface area contributed by atoms with Crippen LogP contribution in [0.4, 0.5) is 0 Å². The van der Waals surface area contributed by atoms with Gasteiger partial charge in [-0.2, -0.15) is 0 Å². The molecule has 2 aliphatic rings. The topological polar surface area (TPSA) is 23.6 Å². The van der Waals surface area contributed by atoms with Gasteiger partial charge in [-0.3, -0.25) is 4.79 Å². The summed E-state index contributed by atoms with van der Waals surface area (Å²) >= 11 is 0. The van der Waals surface area contributed by atoms with Crippen LogP contribution in [-0.2, 0) is 13.0 Å². The van der Waals surface area contributed by atoms with Gasteiger partial charge < -0.3 is 9.80 Å². The average Bonchev–Trinajstić information content (AvgIpc) is 3.00. The highest BCUT2D eigenvalue weighted by atomic mass is 16.2. The van der Waals surface area contributed by atoms with Crippen LogP contribution in [0, 0.1) is 5.92 Å². The third-order valence-electron chi connectivity index (χ3n) is 5.87. The first-order chi connectivity index (χ1) is 12.8. The van der Waals surface area contributed by atoms with E-state index in [9.17, 15) is 4.79 Å². The molecule has 2 aromatic carbocycles. The van der Waals surface area contributed by atoms with Crippen molar-refractivity contribution in [2.75, 3.05) is 26.2 Å². The molecule has 0 radical (unpaired) electrons. The van der Waals surface area contributed by atoms with Crippen LogP contribution in [0.1, 0.15) is 40.7 Å². The van der Waals surface area contributed by atoms with E-state index >= 15 is 0 Å². The van der Waals surface area contributed by atoms with E-state index in [-0.39, 0.29) is 5.91 Å². The Hall–Kier alpha value is -2.13. The second kappa shape index (κ2) is 8.05. The molecule has 0 aromatic heterocycles. The smallest absolute Gasteiger partial charge is 0.254 e. The highest BCUT2D eigenvalue weighted by Crippen LogP contribution is 2.24. The van der Waals surface area contributed by atoms with Gasteiger partial charge in [-0.15, -0.1) is 0 Å². The fraction of sp³-hybridized carbons (Fsp3) is 0.435. The van der Waals surface area contributed by atoms with Crippen LogP contribution in [0.2, 0.25) is 0 Å².